The second kappa shape index (κ2) is 6.30. The number of hydrogen-bond acceptors (Lipinski definition) is 3. The van der Waals surface area contributed by atoms with Crippen LogP contribution in [0.15, 0.2) is 30.6 Å². The second-order valence-corrected chi connectivity index (χ2v) is 5.79. The van der Waals surface area contributed by atoms with Crippen LogP contribution >= 0.6 is 0 Å². The van der Waals surface area contributed by atoms with E-state index in [1.165, 1.54) is 0 Å². The number of amides is 1. The summed E-state index contributed by atoms with van der Waals surface area (Å²) < 4.78 is 2.04. The van der Waals surface area contributed by atoms with Gasteiger partial charge in [0.05, 0.1) is 0 Å². The van der Waals surface area contributed by atoms with Crippen LogP contribution in [-0.4, -0.2) is 38.4 Å². The minimum absolute atomic E-state index is 0.156. The number of rotatable bonds is 3. The molecule has 0 spiro atoms. The molecule has 0 aliphatic carbocycles. The van der Waals surface area contributed by atoms with Gasteiger partial charge in [-0.15, -0.1) is 0 Å². The maximum Gasteiger partial charge on any atom is 0.219 e. The van der Waals surface area contributed by atoms with Gasteiger partial charge in [-0.1, -0.05) is 13.0 Å². The van der Waals surface area contributed by atoms with Crippen molar-refractivity contribution >= 4 is 5.91 Å². The number of hydrogen-bond donors (Lipinski definition) is 0. The van der Waals surface area contributed by atoms with Crippen molar-refractivity contribution < 1.29 is 4.79 Å². The van der Waals surface area contributed by atoms with Crippen LogP contribution in [0.3, 0.4) is 0 Å². The van der Waals surface area contributed by atoms with Crippen molar-refractivity contribution in [3.8, 4) is 5.82 Å². The minimum atomic E-state index is 0.156. The maximum absolute atomic E-state index is 11.6. The Morgan fingerprint density at radius 2 is 2.27 bits per heavy atom. The van der Waals surface area contributed by atoms with E-state index < -0.39 is 0 Å². The fourth-order valence-corrected chi connectivity index (χ4v) is 3.11. The second-order valence-electron chi connectivity index (χ2n) is 5.79. The average Bonchev–Trinajstić information content (AvgIpc) is 3.04. The van der Waals surface area contributed by atoms with Crippen molar-refractivity contribution in [1.29, 1.82) is 0 Å². The van der Waals surface area contributed by atoms with Gasteiger partial charge in [0, 0.05) is 50.4 Å². The van der Waals surface area contributed by atoms with Gasteiger partial charge in [0.15, 0.2) is 0 Å². The van der Waals surface area contributed by atoms with Crippen LogP contribution in [0.1, 0.15) is 44.1 Å². The summed E-state index contributed by atoms with van der Waals surface area (Å²) in [5.41, 5.74) is 1.07. The van der Waals surface area contributed by atoms with Crippen molar-refractivity contribution in [3.05, 3.63) is 42.1 Å². The van der Waals surface area contributed by atoms with Crippen molar-refractivity contribution in [3.63, 3.8) is 0 Å². The van der Waals surface area contributed by atoms with Gasteiger partial charge >= 0.3 is 0 Å². The van der Waals surface area contributed by atoms with Crippen molar-refractivity contribution in [2.45, 2.75) is 39.0 Å². The highest BCUT2D eigenvalue weighted by molar-refractivity contribution is 5.73. The largest absolute Gasteiger partial charge is 0.342 e. The van der Waals surface area contributed by atoms with E-state index in [9.17, 15) is 4.79 Å². The zero-order valence-electron chi connectivity index (χ0n) is 13.2. The highest BCUT2D eigenvalue weighted by Crippen LogP contribution is 2.26. The molecular weight excluding hydrogens is 276 g/mol. The quantitative estimate of drug-likeness (QED) is 0.875. The number of piperidine rings is 1. The molecular formula is C17H22N4O. The number of aryl methyl sites for hydroxylation is 1. The van der Waals surface area contributed by atoms with Crippen LogP contribution in [0, 0.1) is 0 Å². The average molecular weight is 298 g/mol. The molecule has 5 nitrogen and oxygen atoms in total. The lowest BCUT2D eigenvalue weighted by Crippen LogP contribution is -2.37. The fraction of sp³-hybridized carbons (Fsp3) is 0.471. The Kier molecular flexibility index (Phi) is 4.22. The molecule has 1 fully saturated rings. The predicted octanol–water partition coefficient (Wildman–Crippen LogP) is 2.56. The first kappa shape index (κ1) is 14.8. The summed E-state index contributed by atoms with van der Waals surface area (Å²) >= 11 is 0. The van der Waals surface area contributed by atoms with Crippen LogP contribution in [-0.2, 0) is 11.2 Å². The van der Waals surface area contributed by atoms with Gasteiger partial charge in [-0.2, -0.15) is 0 Å². The standard InChI is InChI=1S/C17H22N4O/c1-3-16-18-9-11-21(16)17-8-4-7-15(19-17)14-6-5-10-20(12-14)13(2)22/h4,7-9,11,14H,3,5-6,10,12H2,1-2H3/t14-/m0/s1. The van der Waals surface area contributed by atoms with Gasteiger partial charge in [0.1, 0.15) is 11.6 Å². The Balaban J connectivity index is 1.86. The topological polar surface area (TPSA) is 51.0 Å². The van der Waals surface area contributed by atoms with E-state index in [0.29, 0.717) is 5.92 Å². The molecule has 0 unspecified atom stereocenters. The highest BCUT2D eigenvalue weighted by atomic mass is 16.2. The first-order valence-corrected chi connectivity index (χ1v) is 7.94. The van der Waals surface area contributed by atoms with Crippen LogP contribution in [0.2, 0.25) is 0 Å². The molecule has 0 saturated carbocycles. The van der Waals surface area contributed by atoms with Crippen molar-refractivity contribution in [2.24, 2.45) is 0 Å². The summed E-state index contributed by atoms with van der Waals surface area (Å²) in [6, 6.07) is 6.13. The Labute approximate surface area is 131 Å². The zero-order valence-corrected chi connectivity index (χ0v) is 13.2. The van der Waals surface area contributed by atoms with E-state index in [0.717, 1.165) is 49.7 Å². The first-order chi connectivity index (χ1) is 10.7. The van der Waals surface area contributed by atoms with E-state index in [1.54, 1.807) is 6.92 Å². The molecule has 0 aromatic carbocycles. The lowest BCUT2D eigenvalue weighted by Gasteiger charge is -2.31. The Morgan fingerprint density at radius 1 is 1.41 bits per heavy atom. The van der Waals surface area contributed by atoms with Crippen LogP contribution in [0.5, 0.6) is 0 Å². The summed E-state index contributed by atoms with van der Waals surface area (Å²) in [5, 5.41) is 0. The van der Waals surface area contributed by atoms with E-state index in [-0.39, 0.29) is 5.91 Å². The summed E-state index contributed by atoms with van der Waals surface area (Å²) in [6.45, 7) is 5.38. The van der Waals surface area contributed by atoms with Crippen LogP contribution in [0.4, 0.5) is 0 Å². The molecule has 1 atom stereocenters. The molecule has 2 aromatic rings. The predicted molar refractivity (Wildman–Crippen MR) is 85.0 cm³/mol. The van der Waals surface area contributed by atoms with Gasteiger partial charge < -0.3 is 4.90 Å². The molecule has 0 N–H and O–H groups in total. The third-order valence-corrected chi connectivity index (χ3v) is 4.32. The monoisotopic (exact) mass is 298 g/mol. The molecule has 5 heteroatoms. The molecule has 1 aliphatic rings. The molecule has 0 bridgehead atoms. The number of carbonyl (C=O) groups excluding carboxylic acids is 1. The van der Waals surface area contributed by atoms with Gasteiger partial charge in [0.2, 0.25) is 5.91 Å². The number of imidazole rings is 1. The normalized spacial score (nSPS) is 18.5. The fourth-order valence-electron chi connectivity index (χ4n) is 3.11. The lowest BCUT2D eigenvalue weighted by molar-refractivity contribution is -0.130. The first-order valence-electron chi connectivity index (χ1n) is 7.94. The lowest BCUT2D eigenvalue weighted by atomic mass is 9.94. The van der Waals surface area contributed by atoms with Gasteiger partial charge in [-0.3, -0.25) is 9.36 Å². The maximum atomic E-state index is 11.6. The molecule has 22 heavy (non-hydrogen) atoms. The molecule has 1 amide bonds. The van der Waals surface area contributed by atoms with Gasteiger partial charge in [0.25, 0.3) is 0 Å². The third-order valence-electron chi connectivity index (χ3n) is 4.32. The summed E-state index contributed by atoms with van der Waals surface area (Å²) in [6.07, 6.45) is 6.77. The molecule has 0 radical (unpaired) electrons. The van der Waals surface area contributed by atoms with Crippen molar-refractivity contribution in [2.75, 3.05) is 13.1 Å². The Bertz CT molecular complexity index is 664. The Hall–Kier alpha value is -2.17. The molecule has 3 rings (SSSR count). The number of likely N-dealkylation sites (tertiary alicyclic amines) is 1. The molecule has 116 valence electrons. The van der Waals surface area contributed by atoms with Crippen molar-refractivity contribution in [1.82, 2.24) is 19.4 Å². The minimum Gasteiger partial charge on any atom is -0.342 e. The molecule has 1 aliphatic heterocycles. The zero-order chi connectivity index (χ0) is 15.5. The van der Waals surface area contributed by atoms with E-state index >= 15 is 0 Å². The van der Waals surface area contributed by atoms with E-state index in [1.807, 2.05) is 34.0 Å². The summed E-state index contributed by atoms with van der Waals surface area (Å²) in [4.78, 5) is 22.7. The summed E-state index contributed by atoms with van der Waals surface area (Å²) in [5.74, 6) is 2.40. The highest BCUT2D eigenvalue weighted by Gasteiger charge is 2.24. The molecule has 2 aromatic heterocycles. The number of nitrogens with zero attached hydrogens (tertiary/aromatic N) is 4. The molecule has 1 saturated heterocycles. The van der Waals surface area contributed by atoms with E-state index in [2.05, 4.69) is 18.0 Å². The van der Waals surface area contributed by atoms with Crippen LogP contribution in [0.25, 0.3) is 5.82 Å². The SMILES string of the molecule is CCc1nccn1-c1cccc([C@H]2CCCN(C(C)=O)C2)n1. The van der Waals surface area contributed by atoms with Gasteiger partial charge in [-0.05, 0) is 25.0 Å². The third kappa shape index (κ3) is 2.89. The Morgan fingerprint density at radius 3 is 3.05 bits per heavy atom. The number of pyridine rings is 1. The van der Waals surface area contributed by atoms with E-state index in [4.69, 9.17) is 4.98 Å². The van der Waals surface area contributed by atoms with Gasteiger partial charge in [-0.25, -0.2) is 9.97 Å². The number of aromatic nitrogens is 3. The molecule has 3 heterocycles. The number of carbonyl (C=O) groups is 1. The summed E-state index contributed by atoms with van der Waals surface area (Å²) in [7, 11) is 0. The van der Waals surface area contributed by atoms with Crippen LogP contribution < -0.4 is 0 Å². The smallest absolute Gasteiger partial charge is 0.219 e.